The van der Waals surface area contributed by atoms with Crippen molar-refractivity contribution in [2.45, 2.75) is 25.3 Å². The monoisotopic (exact) mass is 323 g/mol. The van der Waals surface area contributed by atoms with Gasteiger partial charge in [0.05, 0.1) is 0 Å². The average molecular weight is 323 g/mol. The molecule has 0 saturated carbocycles. The quantitative estimate of drug-likeness (QED) is 0.915. The Balaban J connectivity index is 1.47. The lowest BCUT2D eigenvalue weighted by molar-refractivity contribution is 0.196. The van der Waals surface area contributed by atoms with Gasteiger partial charge in [0.1, 0.15) is 0 Å². The number of rotatable bonds is 3. The van der Waals surface area contributed by atoms with E-state index in [9.17, 15) is 4.79 Å². The number of hydrogen-bond donors (Lipinski definition) is 1. The summed E-state index contributed by atoms with van der Waals surface area (Å²) in [4.78, 5) is 23.3. The number of carbonyl (C=O) groups excluding carboxylic acids is 1. The van der Waals surface area contributed by atoms with Crippen LogP contribution in [-0.2, 0) is 0 Å². The summed E-state index contributed by atoms with van der Waals surface area (Å²) < 4.78 is 0. The minimum atomic E-state index is 0.0845. The Labute approximate surface area is 136 Å². The molecule has 2 amide bonds. The van der Waals surface area contributed by atoms with Crippen LogP contribution >= 0.6 is 11.3 Å². The molecule has 1 aromatic heterocycles. The van der Waals surface area contributed by atoms with Crippen LogP contribution in [0.2, 0.25) is 0 Å². The van der Waals surface area contributed by atoms with Crippen LogP contribution in [0.15, 0.2) is 11.6 Å². The highest BCUT2D eigenvalue weighted by Crippen LogP contribution is 2.19. The lowest BCUT2D eigenvalue weighted by Crippen LogP contribution is -2.46. The van der Waals surface area contributed by atoms with Crippen molar-refractivity contribution in [3.63, 3.8) is 0 Å². The van der Waals surface area contributed by atoms with Crippen molar-refractivity contribution in [2.75, 3.05) is 51.2 Å². The molecule has 1 unspecified atom stereocenters. The molecule has 2 fully saturated rings. The van der Waals surface area contributed by atoms with E-state index in [0.717, 1.165) is 50.8 Å². The highest BCUT2D eigenvalue weighted by molar-refractivity contribution is 7.13. The molecule has 3 rings (SSSR count). The van der Waals surface area contributed by atoms with Crippen LogP contribution in [0.1, 0.15) is 19.3 Å². The first-order chi connectivity index (χ1) is 10.7. The summed E-state index contributed by atoms with van der Waals surface area (Å²) >= 11 is 1.67. The topological polar surface area (TPSA) is 51.7 Å². The lowest BCUT2D eigenvalue weighted by Gasteiger charge is -2.24. The van der Waals surface area contributed by atoms with Crippen molar-refractivity contribution in [3.05, 3.63) is 11.6 Å². The SMILES string of the molecule is CN1CCCC1CNC(=O)N1CCCN(c2nccs2)CC1. The molecule has 2 aliphatic heterocycles. The van der Waals surface area contributed by atoms with Gasteiger partial charge in [0.2, 0.25) is 0 Å². The van der Waals surface area contributed by atoms with E-state index >= 15 is 0 Å². The van der Waals surface area contributed by atoms with E-state index in [1.54, 1.807) is 11.3 Å². The van der Waals surface area contributed by atoms with Gasteiger partial charge >= 0.3 is 6.03 Å². The zero-order chi connectivity index (χ0) is 15.4. The molecule has 0 aliphatic carbocycles. The molecule has 0 bridgehead atoms. The largest absolute Gasteiger partial charge is 0.346 e. The van der Waals surface area contributed by atoms with Gasteiger partial charge in [-0.25, -0.2) is 9.78 Å². The summed E-state index contributed by atoms with van der Waals surface area (Å²) in [6.07, 6.45) is 5.27. The zero-order valence-corrected chi connectivity index (χ0v) is 14.0. The van der Waals surface area contributed by atoms with E-state index in [1.807, 2.05) is 16.5 Å². The van der Waals surface area contributed by atoms with Crippen LogP contribution in [0.5, 0.6) is 0 Å². The van der Waals surface area contributed by atoms with Crippen LogP contribution in [0.25, 0.3) is 0 Å². The van der Waals surface area contributed by atoms with E-state index in [1.165, 1.54) is 12.8 Å². The Morgan fingerprint density at radius 2 is 2.23 bits per heavy atom. The third kappa shape index (κ3) is 3.70. The number of aromatic nitrogens is 1. The molecule has 2 aliphatic rings. The van der Waals surface area contributed by atoms with Gasteiger partial charge in [-0.3, -0.25) is 0 Å². The molecule has 0 aromatic carbocycles. The molecule has 1 aromatic rings. The first kappa shape index (κ1) is 15.6. The highest BCUT2D eigenvalue weighted by atomic mass is 32.1. The number of nitrogens with one attached hydrogen (secondary N) is 1. The van der Waals surface area contributed by atoms with Crippen LogP contribution in [-0.4, -0.2) is 73.2 Å². The standard InChI is InChI=1S/C15H25N5OS/c1-18-6-2-4-13(18)12-17-14(21)19-7-3-8-20(10-9-19)15-16-5-11-22-15/h5,11,13H,2-4,6-10,12H2,1H3,(H,17,21). The van der Waals surface area contributed by atoms with Crippen molar-refractivity contribution in [3.8, 4) is 0 Å². The fourth-order valence-corrected chi connectivity index (χ4v) is 3.93. The van der Waals surface area contributed by atoms with Crippen LogP contribution in [0.4, 0.5) is 9.93 Å². The first-order valence-electron chi connectivity index (χ1n) is 8.11. The van der Waals surface area contributed by atoms with Crippen LogP contribution in [0, 0.1) is 0 Å². The van der Waals surface area contributed by atoms with Gasteiger partial charge in [-0.2, -0.15) is 0 Å². The number of carbonyl (C=O) groups is 1. The van der Waals surface area contributed by atoms with E-state index in [-0.39, 0.29) is 6.03 Å². The van der Waals surface area contributed by atoms with E-state index in [2.05, 4.69) is 27.1 Å². The summed E-state index contributed by atoms with van der Waals surface area (Å²) in [6, 6.07) is 0.587. The van der Waals surface area contributed by atoms with Crippen molar-refractivity contribution in [1.82, 2.24) is 20.1 Å². The molecule has 3 heterocycles. The van der Waals surface area contributed by atoms with E-state index < -0.39 is 0 Å². The van der Waals surface area contributed by atoms with Gasteiger partial charge in [-0.15, -0.1) is 11.3 Å². The predicted molar refractivity (Wildman–Crippen MR) is 89.6 cm³/mol. The Hall–Kier alpha value is -1.34. The minimum absolute atomic E-state index is 0.0845. The third-order valence-corrected chi connectivity index (χ3v) is 5.47. The normalized spacial score (nSPS) is 23.6. The molecule has 22 heavy (non-hydrogen) atoms. The number of amides is 2. The molecule has 1 N–H and O–H groups in total. The third-order valence-electron chi connectivity index (χ3n) is 4.63. The van der Waals surface area contributed by atoms with E-state index in [0.29, 0.717) is 6.04 Å². The Morgan fingerprint density at radius 1 is 1.32 bits per heavy atom. The average Bonchev–Trinajstić information content (AvgIpc) is 3.12. The van der Waals surface area contributed by atoms with Gasteiger partial charge < -0.3 is 20.0 Å². The number of hydrogen-bond acceptors (Lipinski definition) is 5. The maximum atomic E-state index is 12.4. The molecular formula is C15H25N5OS. The molecule has 1 atom stereocenters. The number of likely N-dealkylation sites (N-methyl/N-ethyl adjacent to an activating group) is 1. The molecule has 0 radical (unpaired) electrons. The maximum absolute atomic E-state index is 12.4. The molecular weight excluding hydrogens is 298 g/mol. The predicted octanol–water partition coefficient (Wildman–Crippen LogP) is 1.46. The zero-order valence-electron chi connectivity index (χ0n) is 13.2. The van der Waals surface area contributed by atoms with Crippen molar-refractivity contribution < 1.29 is 4.79 Å². The summed E-state index contributed by atoms with van der Waals surface area (Å²) in [5.74, 6) is 0. The van der Waals surface area contributed by atoms with E-state index in [4.69, 9.17) is 0 Å². The van der Waals surface area contributed by atoms with Gasteiger partial charge in [0.25, 0.3) is 0 Å². The molecule has 122 valence electrons. The minimum Gasteiger partial charge on any atom is -0.346 e. The number of urea groups is 1. The maximum Gasteiger partial charge on any atom is 0.317 e. The highest BCUT2D eigenvalue weighted by Gasteiger charge is 2.24. The summed E-state index contributed by atoms with van der Waals surface area (Å²) in [6.45, 7) is 5.35. The Morgan fingerprint density at radius 3 is 2.95 bits per heavy atom. The van der Waals surface area contributed by atoms with Gasteiger partial charge in [-0.05, 0) is 32.9 Å². The second-order valence-electron chi connectivity index (χ2n) is 6.11. The smallest absolute Gasteiger partial charge is 0.317 e. The second kappa shape index (κ2) is 7.28. The number of likely N-dealkylation sites (tertiary alicyclic amines) is 1. The van der Waals surface area contributed by atoms with Crippen LogP contribution in [0.3, 0.4) is 0 Å². The first-order valence-corrected chi connectivity index (χ1v) is 8.99. The number of thiazole rings is 1. The lowest BCUT2D eigenvalue weighted by atomic mass is 10.2. The van der Waals surface area contributed by atoms with Crippen molar-refractivity contribution in [1.29, 1.82) is 0 Å². The number of nitrogens with zero attached hydrogens (tertiary/aromatic N) is 4. The van der Waals surface area contributed by atoms with Gasteiger partial charge in [0.15, 0.2) is 5.13 Å². The summed E-state index contributed by atoms with van der Waals surface area (Å²) in [7, 11) is 2.14. The summed E-state index contributed by atoms with van der Waals surface area (Å²) in [5.41, 5.74) is 0. The van der Waals surface area contributed by atoms with Crippen molar-refractivity contribution >= 4 is 22.5 Å². The molecule has 7 heteroatoms. The summed E-state index contributed by atoms with van der Waals surface area (Å²) in [5, 5.41) is 6.18. The number of anilines is 1. The fraction of sp³-hybridized carbons (Fsp3) is 0.733. The molecule has 6 nitrogen and oxygen atoms in total. The second-order valence-corrected chi connectivity index (χ2v) is 6.98. The van der Waals surface area contributed by atoms with Crippen LogP contribution < -0.4 is 10.2 Å². The Bertz CT molecular complexity index is 480. The molecule has 0 spiro atoms. The Kier molecular flexibility index (Phi) is 5.15. The van der Waals surface area contributed by atoms with Gasteiger partial charge in [0, 0.05) is 50.3 Å². The van der Waals surface area contributed by atoms with Crippen molar-refractivity contribution in [2.24, 2.45) is 0 Å². The fourth-order valence-electron chi connectivity index (χ4n) is 3.24. The van der Waals surface area contributed by atoms with Gasteiger partial charge in [-0.1, -0.05) is 0 Å². The molecule has 2 saturated heterocycles.